The summed E-state index contributed by atoms with van der Waals surface area (Å²) in [6.07, 6.45) is 1.74. The second kappa shape index (κ2) is 7.51. The summed E-state index contributed by atoms with van der Waals surface area (Å²) < 4.78 is 16.0. The van der Waals surface area contributed by atoms with E-state index in [0.717, 1.165) is 0 Å². The number of amides is 1. The van der Waals surface area contributed by atoms with Gasteiger partial charge < -0.3 is 10.1 Å². The van der Waals surface area contributed by atoms with Crippen molar-refractivity contribution in [3.63, 3.8) is 0 Å². The molecule has 2 atom stereocenters. The molecule has 0 aliphatic rings. The van der Waals surface area contributed by atoms with Crippen LogP contribution >= 0.6 is 0 Å². The second-order valence-electron chi connectivity index (χ2n) is 5.29. The Labute approximate surface area is 111 Å². The van der Waals surface area contributed by atoms with Gasteiger partial charge in [0, 0.05) is 35.3 Å². The number of nitrogens with one attached hydrogen (secondary N) is 1. The van der Waals surface area contributed by atoms with Crippen LogP contribution in [0, 0.1) is 0 Å². The van der Waals surface area contributed by atoms with Crippen molar-refractivity contribution in [2.45, 2.75) is 52.2 Å². The topological polar surface area (TPSA) is 72.5 Å². The quantitative estimate of drug-likeness (QED) is 0.735. The van der Waals surface area contributed by atoms with Crippen LogP contribution < -0.4 is 5.32 Å². The molecule has 1 N–H and O–H groups in total. The van der Waals surface area contributed by atoms with Crippen LogP contribution in [0.25, 0.3) is 0 Å². The zero-order chi connectivity index (χ0) is 14.3. The van der Waals surface area contributed by atoms with Crippen molar-refractivity contribution in [1.82, 2.24) is 5.32 Å². The van der Waals surface area contributed by atoms with Crippen molar-refractivity contribution < 1.29 is 18.5 Å². The van der Waals surface area contributed by atoms with Gasteiger partial charge in [-0.2, -0.15) is 0 Å². The van der Waals surface area contributed by atoms with Crippen molar-refractivity contribution in [3.05, 3.63) is 0 Å². The van der Waals surface area contributed by atoms with Crippen LogP contribution in [0.4, 0.5) is 0 Å². The molecule has 0 spiro atoms. The minimum atomic E-state index is -0.945. The van der Waals surface area contributed by atoms with Gasteiger partial charge in [0.25, 0.3) is 0 Å². The fourth-order valence-corrected chi connectivity index (χ4v) is 2.14. The number of carbonyl (C=O) groups is 2. The van der Waals surface area contributed by atoms with Gasteiger partial charge in [0.15, 0.2) is 0 Å². The van der Waals surface area contributed by atoms with E-state index in [-0.39, 0.29) is 30.8 Å². The van der Waals surface area contributed by atoms with Crippen molar-refractivity contribution in [3.8, 4) is 0 Å². The van der Waals surface area contributed by atoms with Gasteiger partial charge in [-0.3, -0.25) is 13.8 Å². The van der Waals surface area contributed by atoms with E-state index in [1.165, 1.54) is 0 Å². The number of carbonyl (C=O) groups excluding carboxylic acids is 2. The maximum Gasteiger partial charge on any atom is 0.306 e. The monoisotopic (exact) mass is 277 g/mol. The van der Waals surface area contributed by atoms with E-state index in [1.54, 1.807) is 34.0 Å². The van der Waals surface area contributed by atoms with Gasteiger partial charge in [-0.05, 0) is 27.7 Å². The Balaban J connectivity index is 3.90. The molecule has 0 heterocycles. The Morgan fingerprint density at radius 1 is 1.28 bits per heavy atom. The number of esters is 1. The highest BCUT2D eigenvalue weighted by Gasteiger charge is 2.17. The lowest BCUT2D eigenvalue weighted by Crippen LogP contribution is -2.36. The lowest BCUT2D eigenvalue weighted by atomic mass is 10.2. The summed E-state index contributed by atoms with van der Waals surface area (Å²) in [5.41, 5.74) is -0.528. The molecular formula is C12H23NO4S. The molecule has 5 nitrogen and oxygen atoms in total. The molecule has 1 amide bonds. The zero-order valence-electron chi connectivity index (χ0n) is 11.7. The second-order valence-corrected chi connectivity index (χ2v) is 6.77. The lowest BCUT2D eigenvalue weighted by Gasteiger charge is -2.19. The van der Waals surface area contributed by atoms with E-state index in [2.05, 4.69) is 5.32 Å². The van der Waals surface area contributed by atoms with Crippen molar-refractivity contribution in [2.75, 3.05) is 12.0 Å². The molecule has 0 saturated carbocycles. The van der Waals surface area contributed by atoms with Crippen LogP contribution in [0.3, 0.4) is 0 Å². The third-order valence-corrected chi connectivity index (χ3v) is 2.84. The molecular weight excluding hydrogens is 254 g/mol. The fraction of sp³-hybridized carbons (Fsp3) is 0.833. The summed E-state index contributed by atoms with van der Waals surface area (Å²) in [5.74, 6) is -0.193. The number of ether oxygens (including phenoxy) is 1. The lowest BCUT2D eigenvalue weighted by molar-refractivity contribution is -0.155. The molecule has 0 rings (SSSR count). The van der Waals surface area contributed by atoms with Gasteiger partial charge in [-0.25, -0.2) is 0 Å². The van der Waals surface area contributed by atoms with E-state index in [4.69, 9.17) is 4.74 Å². The Hall–Kier alpha value is -0.910. The van der Waals surface area contributed by atoms with Gasteiger partial charge >= 0.3 is 5.97 Å². The summed E-state index contributed by atoms with van der Waals surface area (Å²) >= 11 is 0. The molecule has 18 heavy (non-hydrogen) atoms. The average molecular weight is 277 g/mol. The van der Waals surface area contributed by atoms with E-state index in [1.807, 2.05) is 0 Å². The molecule has 0 aromatic rings. The van der Waals surface area contributed by atoms with Gasteiger partial charge in [-0.1, -0.05) is 0 Å². The van der Waals surface area contributed by atoms with Crippen molar-refractivity contribution >= 4 is 22.7 Å². The SMILES string of the molecule is CC(CS(C)=O)NC(=O)CCC(=O)OC(C)(C)C. The van der Waals surface area contributed by atoms with Crippen LogP contribution in [-0.4, -0.2) is 39.7 Å². The number of hydrogen-bond donors (Lipinski definition) is 1. The normalized spacial score (nSPS) is 14.7. The predicted octanol–water partition coefficient (Wildman–Crippen LogP) is 0.991. The Morgan fingerprint density at radius 2 is 1.83 bits per heavy atom. The minimum absolute atomic E-state index is 0.0606. The molecule has 0 aliphatic heterocycles. The van der Waals surface area contributed by atoms with E-state index >= 15 is 0 Å². The molecule has 0 aliphatic carbocycles. The summed E-state index contributed by atoms with van der Waals surface area (Å²) in [5, 5.41) is 2.69. The van der Waals surface area contributed by atoms with Gasteiger partial charge in [0.1, 0.15) is 5.60 Å². The Morgan fingerprint density at radius 3 is 2.28 bits per heavy atom. The van der Waals surface area contributed by atoms with Gasteiger partial charge in [0.2, 0.25) is 5.91 Å². The Bertz CT molecular complexity index is 323. The molecule has 2 unspecified atom stereocenters. The molecule has 0 aromatic heterocycles. The van der Waals surface area contributed by atoms with Crippen molar-refractivity contribution in [1.29, 1.82) is 0 Å². The minimum Gasteiger partial charge on any atom is -0.460 e. The van der Waals surface area contributed by atoms with Crippen LogP contribution in [0.1, 0.15) is 40.5 Å². The molecule has 0 fully saturated rings. The molecule has 106 valence electrons. The summed E-state index contributed by atoms with van der Waals surface area (Å²) in [7, 11) is -0.945. The highest BCUT2D eigenvalue weighted by Crippen LogP contribution is 2.09. The molecule has 6 heteroatoms. The smallest absolute Gasteiger partial charge is 0.306 e. The summed E-state index contributed by atoms with van der Waals surface area (Å²) in [6.45, 7) is 7.13. The third-order valence-electron chi connectivity index (χ3n) is 1.87. The Kier molecular flexibility index (Phi) is 7.13. The van der Waals surface area contributed by atoms with E-state index < -0.39 is 16.4 Å². The molecule has 0 bridgehead atoms. The zero-order valence-corrected chi connectivity index (χ0v) is 12.6. The average Bonchev–Trinajstić information content (AvgIpc) is 2.10. The molecule has 0 aromatic carbocycles. The highest BCUT2D eigenvalue weighted by molar-refractivity contribution is 7.84. The molecule has 0 saturated heterocycles. The molecule has 0 radical (unpaired) electrons. The number of rotatable bonds is 6. The predicted molar refractivity (Wildman–Crippen MR) is 71.6 cm³/mol. The van der Waals surface area contributed by atoms with Crippen LogP contribution in [0.5, 0.6) is 0 Å². The van der Waals surface area contributed by atoms with Gasteiger partial charge in [-0.15, -0.1) is 0 Å². The number of hydrogen-bond acceptors (Lipinski definition) is 4. The first kappa shape index (κ1) is 17.1. The van der Waals surface area contributed by atoms with Crippen molar-refractivity contribution in [2.24, 2.45) is 0 Å². The largest absolute Gasteiger partial charge is 0.460 e. The first-order valence-electron chi connectivity index (χ1n) is 5.91. The van der Waals surface area contributed by atoms with Crippen LogP contribution in [0.2, 0.25) is 0 Å². The maximum atomic E-state index is 11.5. The van der Waals surface area contributed by atoms with Gasteiger partial charge in [0.05, 0.1) is 6.42 Å². The van der Waals surface area contributed by atoms with Crippen LogP contribution in [-0.2, 0) is 25.1 Å². The summed E-state index contributed by atoms with van der Waals surface area (Å²) in [4.78, 5) is 22.9. The first-order chi connectivity index (χ1) is 8.10. The fourth-order valence-electron chi connectivity index (χ4n) is 1.35. The highest BCUT2D eigenvalue weighted by atomic mass is 32.2. The third kappa shape index (κ3) is 10.3. The van der Waals surface area contributed by atoms with E-state index in [9.17, 15) is 13.8 Å². The maximum absolute atomic E-state index is 11.5. The van der Waals surface area contributed by atoms with Crippen LogP contribution in [0.15, 0.2) is 0 Å². The first-order valence-corrected chi connectivity index (χ1v) is 7.64. The summed E-state index contributed by atoms with van der Waals surface area (Å²) in [6, 6.07) is -0.151. The van der Waals surface area contributed by atoms with E-state index in [0.29, 0.717) is 5.75 Å². The standard InChI is InChI=1S/C12H23NO4S/c1-9(8-18(5)16)13-10(14)6-7-11(15)17-12(2,3)4/h9H,6-8H2,1-5H3,(H,13,14).